The summed E-state index contributed by atoms with van der Waals surface area (Å²) in [6.07, 6.45) is 1.63. The fourth-order valence-corrected chi connectivity index (χ4v) is 4.98. The molecule has 174 valence electrons. The maximum absolute atomic E-state index is 14.2. The van der Waals surface area contributed by atoms with E-state index in [9.17, 15) is 24.1 Å². The standard InChI is InChI=1S/C24H19ClFN3O4S/c1-13-9-17(29(32)33)7-8-21(13)28-14(2)10-16(15(28)3)11-22-23(30)27(24(31)34-22)12-18-19(25)5-4-6-20(18)26/h4-11H,12H2,1-3H3/b22-11-. The third-order valence-electron chi connectivity index (χ3n) is 5.64. The highest BCUT2D eigenvalue weighted by atomic mass is 35.5. The van der Waals surface area contributed by atoms with Gasteiger partial charge < -0.3 is 4.57 Å². The molecular weight excluding hydrogens is 481 g/mol. The molecule has 1 fully saturated rings. The summed E-state index contributed by atoms with van der Waals surface area (Å²) in [6, 6.07) is 10.7. The molecule has 34 heavy (non-hydrogen) atoms. The lowest BCUT2D eigenvalue weighted by Crippen LogP contribution is -2.28. The van der Waals surface area contributed by atoms with E-state index in [0.29, 0.717) is 0 Å². The van der Waals surface area contributed by atoms with E-state index in [0.717, 1.165) is 44.9 Å². The van der Waals surface area contributed by atoms with Crippen molar-refractivity contribution in [2.45, 2.75) is 27.3 Å². The highest BCUT2D eigenvalue weighted by Crippen LogP contribution is 2.36. The highest BCUT2D eigenvalue weighted by molar-refractivity contribution is 8.18. The van der Waals surface area contributed by atoms with Crippen molar-refractivity contribution in [2.24, 2.45) is 0 Å². The van der Waals surface area contributed by atoms with E-state index < -0.39 is 21.9 Å². The number of thioether (sulfide) groups is 1. The summed E-state index contributed by atoms with van der Waals surface area (Å²) in [5.41, 5.74) is 3.99. The van der Waals surface area contributed by atoms with Gasteiger partial charge >= 0.3 is 0 Å². The zero-order valence-electron chi connectivity index (χ0n) is 18.5. The molecule has 0 atom stereocenters. The first-order chi connectivity index (χ1) is 16.1. The molecule has 1 aliphatic rings. The van der Waals surface area contributed by atoms with Crippen molar-refractivity contribution in [1.29, 1.82) is 0 Å². The van der Waals surface area contributed by atoms with Gasteiger partial charge in [0.1, 0.15) is 5.82 Å². The Labute approximate surface area is 204 Å². The number of rotatable bonds is 5. The van der Waals surface area contributed by atoms with Crippen LogP contribution in [0.3, 0.4) is 0 Å². The van der Waals surface area contributed by atoms with Crippen LogP contribution in [0.5, 0.6) is 0 Å². The molecule has 0 bridgehead atoms. The van der Waals surface area contributed by atoms with Crippen LogP contribution in [0.2, 0.25) is 5.02 Å². The summed E-state index contributed by atoms with van der Waals surface area (Å²) >= 11 is 6.84. The van der Waals surface area contributed by atoms with Crippen LogP contribution in [-0.4, -0.2) is 25.5 Å². The van der Waals surface area contributed by atoms with Crippen molar-refractivity contribution < 1.29 is 18.9 Å². The van der Waals surface area contributed by atoms with Crippen LogP contribution in [0.1, 0.15) is 28.1 Å². The number of benzene rings is 2. The average molecular weight is 500 g/mol. The molecule has 7 nitrogen and oxygen atoms in total. The van der Waals surface area contributed by atoms with Crippen molar-refractivity contribution >= 4 is 46.3 Å². The summed E-state index contributed by atoms with van der Waals surface area (Å²) in [5.74, 6) is -1.11. The molecule has 3 aromatic rings. The molecule has 1 saturated heterocycles. The third kappa shape index (κ3) is 4.24. The van der Waals surface area contributed by atoms with Crippen molar-refractivity contribution in [1.82, 2.24) is 9.47 Å². The number of nitrogens with zero attached hydrogens (tertiary/aromatic N) is 3. The topological polar surface area (TPSA) is 85.4 Å². The largest absolute Gasteiger partial charge is 0.318 e. The molecule has 0 N–H and O–H groups in total. The predicted octanol–water partition coefficient (Wildman–Crippen LogP) is 6.34. The van der Waals surface area contributed by atoms with Gasteiger partial charge in [0.2, 0.25) is 0 Å². The first-order valence-corrected chi connectivity index (χ1v) is 11.4. The van der Waals surface area contributed by atoms with Gasteiger partial charge in [0, 0.05) is 39.8 Å². The van der Waals surface area contributed by atoms with Crippen LogP contribution in [-0.2, 0) is 11.3 Å². The molecule has 2 amide bonds. The van der Waals surface area contributed by atoms with E-state index in [1.54, 1.807) is 19.1 Å². The Morgan fingerprint density at radius 2 is 1.88 bits per heavy atom. The Morgan fingerprint density at radius 3 is 2.53 bits per heavy atom. The van der Waals surface area contributed by atoms with E-state index in [1.807, 2.05) is 24.5 Å². The molecule has 2 heterocycles. The van der Waals surface area contributed by atoms with Crippen molar-refractivity contribution in [3.05, 3.63) is 96.4 Å². The van der Waals surface area contributed by atoms with Gasteiger partial charge in [0.15, 0.2) is 0 Å². The van der Waals surface area contributed by atoms with Gasteiger partial charge in [-0.25, -0.2) is 4.39 Å². The quantitative estimate of drug-likeness (QED) is 0.232. The zero-order chi connectivity index (χ0) is 24.7. The lowest BCUT2D eigenvalue weighted by atomic mass is 10.1. The number of carbonyl (C=O) groups excluding carboxylic acids is 2. The van der Waals surface area contributed by atoms with Gasteiger partial charge in [-0.3, -0.25) is 24.6 Å². The van der Waals surface area contributed by atoms with Crippen molar-refractivity contribution in [3.63, 3.8) is 0 Å². The molecule has 1 aromatic heterocycles. The minimum Gasteiger partial charge on any atom is -0.318 e. The molecule has 4 rings (SSSR count). The Balaban J connectivity index is 1.66. The Morgan fingerprint density at radius 1 is 1.15 bits per heavy atom. The van der Waals surface area contributed by atoms with Crippen LogP contribution in [0.15, 0.2) is 47.4 Å². The number of aromatic nitrogens is 1. The maximum atomic E-state index is 14.2. The summed E-state index contributed by atoms with van der Waals surface area (Å²) in [4.78, 5) is 37.3. The summed E-state index contributed by atoms with van der Waals surface area (Å²) < 4.78 is 16.1. The number of amides is 2. The summed E-state index contributed by atoms with van der Waals surface area (Å²) in [6.45, 7) is 5.29. The average Bonchev–Trinajstić information content (AvgIpc) is 3.19. The highest BCUT2D eigenvalue weighted by Gasteiger charge is 2.36. The number of carbonyl (C=O) groups is 2. The van der Waals surface area contributed by atoms with Crippen LogP contribution in [0.25, 0.3) is 11.8 Å². The lowest BCUT2D eigenvalue weighted by Gasteiger charge is -2.14. The second-order valence-electron chi connectivity index (χ2n) is 7.86. The molecule has 0 saturated carbocycles. The third-order valence-corrected chi connectivity index (χ3v) is 6.90. The molecule has 1 aliphatic heterocycles. The van der Waals surface area contributed by atoms with E-state index in [2.05, 4.69) is 0 Å². The van der Waals surface area contributed by atoms with E-state index >= 15 is 0 Å². The molecule has 2 aromatic carbocycles. The Bertz CT molecular complexity index is 1380. The Kier molecular flexibility index (Phi) is 6.33. The maximum Gasteiger partial charge on any atom is 0.293 e. The van der Waals surface area contributed by atoms with E-state index in [1.165, 1.54) is 30.3 Å². The monoisotopic (exact) mass is 499 g/mol. The van der Waals surface area contributed by atoms with Crippen molar-refractivity contribution in [3.8, 4) is 5.69 Å². The number of aryl methyl sites for hydroxylation is 2. The van der Waals surface area contributed by atoms with Crippen LogP contribution in [0.4, 0.5) is 14.9 Å². The minimum atomic E-state index is -0.586. The number of nitro benzene ring substituents is 1. The summed E-state index contributed by atoms with van der Waals surface area (Å²) in [7, 11) is 0. The number of halogens is 2. The number of hydrogen-bond acceptors (Lipinski definition) is 5. The van der Waals surface area contributed by atoms with Gasteiger partial charge in [0.05, 0.1) is 16.4 Å². The fourth-order valence-electron chi connectivity index (χ4n) is 3.93. The van der Waals surface area contributed by atoms with Crippen LogP contribution < -0.4 is 0 Å². The molecule has 0 aliphatic carbocycles. The number of non-ortho nitro benzene ring substituents is 1. The molecule has 0 unspecified atom stereocenters. The van der Waals surface area contributed by atoms with Crippen LogP contribution in [0, 0.1) is 36.7 Å². The lowest BCUT2D eigenvalue weighted by molar-refractivity contribution is -0.384. The molecule has 10 heteroatoms. The van der Waals surface area contributed by atoms with Gasteiger partial charge in [0.25, 0.3) is 16.8 Å². The van der Waals surface area contributed by atoms with Crippen molar-refractivity contribution in [2.75, 3.05) is 0 Å². The second-order valence-corrected chi connectivity index (χ2v) is 9.26. The predicted molar refractivity (Wildman–Crippen MR) is 130 cm³/mol. The van der Waals surface area contributed by atoms with Gasteiger partial charge in [-0.15, -0.1) is 0 Å². The normalized spacial score (nSPS) is 15.0. The second kappa shape index (κ2) is 9.08. The van der Waals surface area contributed by atoms with Gasteiger partial charge in [-0.2, -0.15) is 0 Å². The zero-order valence-corrected chi connectivity index (χ0v) is 20.0. The first kappa shape index (κ1) is 23.7. The first-order valence-electron chi connectivity index (χ1n) is 10.2. The number of imide groups is 1. The molecule has 0 spiro atoms. The van der Waals surface area contributed by atoms with Crippen LogP contribution >= 0.6 is 23.4 Å². The Hall–Kier alpha value is -3.43. The number of nitro groups is 1. The fraction of sp³-hybridized carbons (Fsp3) is 0.167. The number of hydrogen-bond donors (Lipinski definition) is 0. The smallest absolute Gasteiger partial charge is 0.293 e. The van der Waals surface area contributed by atoms with E-state index in [-0.39, 0.29) is 27.7 Å². The minimum absolute atomic E-state index is 0.00701. The van der Waals surface area contributed by atoms with Gasteiger partial charge in [-0.1, -0.05) is 17.7 Å². The summed E-state index contributed by atoms with van der Waals surface area (Å²) in [5, 5.41) is 10.7. The SMILES string of the molecule is Cc1cc([N+](=O)[O-])ccc1-n1c(C)cc(/C=C2\SC(=O)N(Cc3c(F)cccc3Cl)C2=O)c1C. The van der Waals surface area contributed by atoms with E-state index in [4.69, 9.17) is 11.6 Å². The molecule has 0 radical (unpaired) electrons. The molecular formula is C24H19ClFN3O4S. The van der Waals surface area contributed by atoms with Gasteiger partial charge in [-0.05, 0) is 74.0 Å².